The molecule has 6 rings (SSSR count). The second-order valence-corrected chi connectivity index (χ2v) is 26.9. The molecule has 3 amide bonds. The average molecular weight is 979 g/mol. The molecule has 4 aromatic rings. The van der Waals surface area contributed by atoms with Crippen molar-refractivity contribution in [3.63, 3.8) is 0 Å². The number of carbonyl (C=O) groups is 5. The van der Waals surface area contributed by atoms with E-state index in [9.17, 15) is 19.2 Å². The Bertz CT molecular complexity index is 2540. The summed E-state index contributed by atoms with van der Waals surface area (Å²) in [6.07, 6.45) is 6.29. The van der Waals surface area contributed by atoms with Crippen molar-refractivity contribution in [2.24, 2.45) is 11.3 Å². The van der Waals surface area contributed by atoms with Gasteiger partial charge >= 0.3 is 11.9 Å². The number of nitrogens with one attached hydrogen (secondary N) is 2. The standard InChI is InChI=1S/C55H78N6O8Si/c1-15-39-21-22-56-30-45(39)51-44-29-55(12,13)32-68-54(66)46-18-17-23-61(58-46)53(65)47(57-52(64)50(33(3)4)59(14)49(63)31-67-37(11)62)26-38-24-41(40-19-20-48(43(44)28-40)60(51)16-2)27-42(25-38)69-70(34(5)6,35(7)8)36(9)10/h19-22,24-25,27-28,30,33-36,46-47,50,58H,15-18,23,26,29,31-32H2,1-14H3,(H,57,64)/t46-,47-,50-/m0/s1. The molecule has 15 heteroatoms. The van der Waals surface area contributed by atoms with Crippen LogP contribution in [0.1, 0.15) is 120 Å². The summed E-state index contributed by atoms with van der Waals surface area (Å²) < 4.78 is 21.0. The molecule has 70 heavy (non-hydrogen) atoms. The number of nitrogens with zero attached hydrogens (tertiary/aromatic N) is 4. The van der Waals surface area contributed by atoms with Gasteiger partial charge < -0.3 is 28.7 Å². The fourth-order valence-electron chi connectivity index (χ4n) is 11.2. The maximum Gasteiger partial charge on any atom is 0.324 e. The first-order chi connectivity index (χ1) is 33.0. The van der Waals surface area contributed by atoms with Crippen molar-refractivity contribution >= 4 is 48.9 Å². The molecule has 0 saturated carbocycles. The van der Waals surface area contributed by atoms with Crippen LogP contribution in [-0.2, 0) is 59.3 Å². The Hall–Kier alpha value is -5.54. The van der Waals surface area contributed by atoms with E-state index in [1.165, 1.54) is 29.4 Å². The second kappa shape index (κ2) is 22.3. The summed E-state index contributed by atoms with van der Waals surface area (Å²) in [6, 6.07) is 12.0. The maximum absolute atomic E-state index is 15.0. The minimum Gasteiger partial charge on any atom is -0.543 e. The number of likely N-dealkylation sites (N-methyl/N-ethyl adjacent to an activating group) is 1. The Labute approximate surface area is 416 Å². The molecule has 2 aliphatic heterocycles. The predicted molar refractivity (Wildman–Crippen MR) is 277 cm³/mol. The molecule has 0 radical (unpaired) electrons. The lowest BCUT2D eigenvalue weighted by atomic mass is 9.84. The number of pyridine rings is 1. The van der Waals surface area contributed by atoms with Crippen LogP contribution in [0, 0.1) is 11.3 Å². The Morgan fingerprint density at radius 1 is 0.971 bits per heavy atom. The molecule has 0 aliphatic carbocycles. The van der Waals surface area contributed by atoms with Crippen molar-refractivity contribution in [2.75, 3.05) is 26.8 Å². The summed E-state index contributed by atoms with van der Waals surface area (Å²) in [4.78, 5) is 74.5. The van der Waals surface area contributed by atoms with E-state index in [-0.39, 0.29) is 35.6 Å². The number of hydrazine groups is 1. The molecule has 14 nitrogen and oxygen atoms in total. The van der Waals surface area contributed by atoms with Gasteiger partial charge in [-0.15, -0.1) is 0 Å². The number of aryl methyl sites for hydroxylation is 2. The average Bonchev–Trinajstić information content (AvgIpc) is 3.61. The summed E-state index contributed by atoms with van der Waals surface area (Å²) in [7, 11) is -1.03. The zero-order valence-electron chi connectivity index (χ0n) is 44.2. The lowest BCUT2D eigenvalue weighted by Gasteiger charge is -2.42. The lowest BCUT2D eigenvalue weighted by Crippen LogP contribution is -2.62. The zero-order chi connectivity index (χ0) is 51.4. The largest absolute Gasteiger partial charge is 0.543 e. The Balaban J connectivity index is 1.60. The van der Waals surface area contributed by atoms with Crippen LogP contribution >= 0.6 is 0 Å². The van der Waals surface area contributed by atoms with E-state index in [0.29, 0.717) is 31.6 Å². The first-order valence-electron chi connectivity index (χ1n) is 25.4. The highest BCUT2D eigenvalue weighted by molar-refractivity contribution is 6.78. The zero-order valence-corrected chi connectivity index (χ0v) is 45.2. The first-order valence-corrected chi connectivity index (χ1v) is 27.5. The van der Waals surface area contributed by atoms with Crippen LogP contribution in [0.2, 0.25) is 16.6 Å². The molecule has 0 unspecified atom stereocenters. The van der Waals surface area contributed by atoms with Crippen molar-refractivity contribution in [1.82, 2.24) is 30.2 Å². The van der Waals surface area contributed by atoms with Crippen LogP contribution in [0.15, 0.2) is 54.9 Å². The number of benzene rings is 2. The smallest absolute Gasteiger partial charge is 0.324 e. The van der Waals surface area contributed by atoms with Crippen LogP contribution in [0.25, 0.3) is 33.3 Å². The quantitative estimate of drug-likeness (QED) is 0.0921. The maximum atomic E-state index is 15.0. The summed E-state index contributed by atoms with van der Waals surface area (Å²) in [5, 5.41) is 5.58. The van der Waals surface area contributed by atoms with Gasteiger partial charge in [-0.3, -0.25) is 34.0 Å². The van der Waals surface area contributed by atoms with Crippen LogP contribution in [0.4, 0.5) is 0 Å². The highest BCUT2D eigenvalue weighted by Gasteiger charge is 2.47. The van der Waals surface area contributed by atoms with Crippen LogP contribution in [0.5, 0.6) is 5.75 Å². The number of ether oxygens (including phenoxy) is 2. The molecule has 380 valence electrons. The highest BCUT2D eigenvalue weighted by atomic mass is 28.4. The van der Waals surface area contributed by atoms with Gasteiger partial charge in [0.1, 0.15) is 23.9 Å². The van der Waals surface area contributed by atoms with Crippen LogP contribution in [-0.4, -0.2) is 102 Å². The number of hydrogen-bond acceptors (Lipinski definition) is 10. The van der Waals surface area contributed by atoms with Gasteiger partial charge in [0, 0.05) is 67.8 Å². The summed E-state index contributed by atoms with van der Waals surface area (Å²) in [5.74, 6) is -2.29. The number of hydrogen-bond donors (Lipinski definition) is 2. The number of carbonyl (C=O) groups excluding carboxylic acids is 5. The number of aromatic nitrogens is 2. The van der Waals surface area contributed by atoms with Gasteiger partial charge in [0.15, 0.2) is 6.61 Å². The fraction of sp³-hybridized carbons (Fsp3) is 0.564. The Morgan fingerprint density at radius 3 is 2.30 bits per heavy atom. The topological polar surface area (TPSA) is 161 Å². The summed E-state index contributed by atoms with van der Waals surface area (Å²) >= 11 is 0. The van der Waals surface area contributed by atoms with Crippen molar-refractivity contribution in [2.45, 2.75) is 163 Å². The fourth-order valence-corrected chi connectivity index (χ4v) is 16.4. The van der Waals surface area contributed by atoms with Gasteiger partial charge in [0.2, 0.25) is 5.91 Å². The van der Waals surface area contributed by atoms with Crippen LogP contribution in [0.3, 0.4) is 0 Å². The van der Waals surface area contributed by atoms with E-state index >= 15 is 4.79 Å². The summed E-state index contributed by atoms with van der Waals surface area (Å²) in [5.41, 5.74) is 11.7. The Morgan fingerprint density at radius 2 is 1.67 bits per heavy atom. The van der Waals surface area contributed by atoms with Crippen molar-refractivity contribution < 1.29 is 37.9 Å². The molecule has 0 spiro atoms. The molecule has 1 fully saturated rings. The predicted octanol–water partition coefficient (Wildman–Crippen LogP) is 9.20. The SMILES string of the molecule is CCc1ccncc1-c1c2c3cc(ccc3n1CC)-c1cc(cc(O[Si](C(C)C)(C(C)C)C(C)C)c1)C[C@H](NC(=O)[C@H](C(C)C)N(C)C(=O)COC(C)=O)C(=O)N1CCC[C@H](N1)C(=O)OCC(C)(C)C2. The van der Waals surface area contributed by atoms with Gasteiger partial charge in [-0.05, 0) is 113 Å². The molecule has 1 saturated heterocycles. The minimum atomic E-state index is -2.52. The van der Waals surface area contributed by atoms with E-state index < -0.39 is 68.1 Å². The van der Waals surface area contributed by atoms with Crippen molar-refractivity contribution in [3.05, 3.63) is 71.5 Å². The van der Waals surface area contributed by atoms with Gasteiger partial charge in [-0.25, -0.2) is 5.43 Å². The minimum absolute atomic E-state index is 0.0659. The van der Waals surface area contributed by atoms with Crippen molar-refractivity contribution in [1.29, 1.82) is 0 Å². The normalized spacial score (nSPS) is 18.2. The highest BCUT2D eigenvalue weighted by Crippen LogP contribution is 2.45. The molecule has 3 atom stereocenters. The van der Waals surface area contributed by atoms with E-state index in [0.717, 1.165) is 57.4 Å². The number of esters is 2. The van der Waals surface area contributed by atoms with Crippen molar-refractivity contribution in [3.8, 4) is 28.1 Å². The molecule has 2 N–H and O–H groups in total. The Kier molecular flexibility index (Phi) is 17.1. The third kappa shape index (κ3) is 11.5. The molecular weight excluding hydrogens is 901 g/mol. The number of fused-ring (bicyclic) bond motifs is 6. The molecule has 2 aromatic carbocycles. The second-order valence-electron chi connectivity index (χ2n) is 21.5. The monoisotopic (exact) mass is 979 g/mol. The molecule has 2 aromatic heterocycles. The third-order valence-electron chi connectivity index (χ3n) is 14.5. The van der Waals surface area contributed by atoms with Gasteiger partial charge in [0.05, 0.1) is 12.3 Å². The third-order valence-corrected chi connectivity index (χ3v) is 20.5. The first kappa shape index (κ1) is 53.8. The molecule has 6 bridgehead atoms. The van der Waals surface area contributed by atoms with Gasteiger partial charge in [-0.2, -0.15) is 0 Å². The molecule has 2 aliphatic rings. The number of amides is 3. The number of cyclic esters (lactones) is 1. The van der Waals surface area contributed by atoms with Gasteiger partial charge in [-0.1, -0.05) is 88.3 Å². The lowest BCUT2D eigenvalue weighted by molar-refractivity contribution is -0.156. The van der Waals surface area contributed by atoms with Crippen LogP contribution < -0.4 is 15.2 Å². The van der Waals surface area contributed by atoms with Gasteiger partial charge in [0.25, 0.3) is 20.1 Å². The van der Waals surface area contributed by atoms with E-state index in [2.05, 4.69) is 126 Å². The molecular formula is C55H78N6O8Si. The molecule has 4 heterocycles. The number of rotatable bonds is 14. The van der Waals surface area contributed by atoms with E-state index in [1.54, 1.807) is 0 Å². The van der Waals surface area contributed by atoms with E-state index in [1.807, 2.05) is 32.3 Å². The van der Waals surface area contributed by atoms with E-state index in [4.69, 9.17) is 13.9 Å². The summed E-state index contributed by atoms with van der Waals surface area (Å²) in [6.45, 7) is 27.6.